The van der Waals surface area contributed by atoms with E-state index in [1.165, 1.54) is 0 Å². The molecule has 0 aliphatic carbocycles. The summed E-state index contributed by atoms with van der Waals surface area (Å²) in [6, 6.07) is 5.99. The number of β-amino-alcohol motifs (C(OH)–C–C–N with tert-alkyl or cyclic N) is 1. The number of unbranched alkanes of at least 4 members (excludes halogenated alkanes) is 1. The van der Waals surface area contributed by atoms with Gasteiger partial charge in [-0.3, -0.25) is 9.98 Å². The molecule has 1 aliphatic rings. The van der Waals surface area contributed by atoms with E-state index in [-0.39, 0.29) is 6.10 Å². The van der Waals surface area contributed by atoms with Crippen LogP contribution in [0.1, 0.15) is 38.3 Å². The third kappa shape index (κ3) is 5.64. The first-order valence-corrected chi connectivity index (χ1v) is 8.41. The Balaban J connectivity index is 1.88. The average Bonchev–Trinajstić information content (AvgIpc) is 2.54. The van der Waals surface area contributed by atoms with E-state index < -0.39 is 0 Å². The number of likely N-dealkylation sites (tertiary alicyclic amines) is 1. The first kappa shape index (κ1) is 16.7. The van der Waals surface area contributed by atoms with E-state index >= 15 is 0 Å². The lowest BCUT2D eigenvalue weighted by atomic mass is 10.1. The van der Waals surface area contributed by atoms with E-state index in [1.807, 2.05) is 24.4 Å². The zero-order valence-corrected chi connectivity index (χ0v) is 13.5. The van der Waals surface area contributed by atoms with E-state index in [9.17, 15) is 5.11 Å². The number of piperidine rings is 1. The van der Waals surface area contributed by atoms with Crippen molar-refractivity contribution >= 4 is 5.96 Å². The van der Waals surface area contributed by atoms with Crippen LogP contribution in [0.2, 0.25) is 0 Å². The predicted molar refractivity (Wildman–Crippen MR) is 90.0 cm³/mol. The molecule has 5 heteroatoms. The number of aliphatic hydroxyl groups is 1. The molecular formula is C17H28N4O. The van der Waals surface area contributed by atoms with E-state index in [2.05, 4.69) is 22.1 Å². The van der Waals surface area contributed by atoms with Gasteiger partial charge in [0, 0.05) is 44.5 Å². The number of hydrogen-bond donors (Lipinski definition) is 2. The van der Waals surface area contributed by atoms with Crippen LogP contribution in [0, 0.1) is 0 Å². The lowest BCUT2D eigenvalue weighted by Crippen LogP contribution is -2.48. The molecule has 0 saturated carbocycles. The zero-order chi connectivity index (χ0) is 15.6. The molecule has 1 aromatic rings. The van der Waals surface area contributed by atoms with Gasteiger partial charge in [0.15, 0.2) is 5.96 Å². The van der Waals surface area contributed by atoms with Crippen molar-refractivity contribution in [1.82, 2.24) is 15.2 Å². The summed E-state index contributed by atoms with van der Waals surface area (Å²) >= 11 is 0. The molecule has 1 aromatic heterocycles. The average molecular weight is 304 g/mol. The number of rotatable bonds is 6. The van der Waals surface area contributed by atoms with Gasteiger partial charge in [-0.2, -0.15) is 0 Å². The predicted octanol–water partition coefficient (Wildman–Crippen LogP) is 1.83. The molecule has 1 fully saturated rings. The molecular weight excluding hydrogens is 276 g/mol. The van der Waals surface area contributed by atoms with Crippen LogP contribution in [-0.2, 0) is 6.42 Å². The molecule has 0 amide bonds. The van der Waals surface area contributed by atoms with Crippen molar-refractivity contribution in [3.63, 3.8) is 0 Å². The SMILES string of the molecule is CCCCN=C(NCCc1ccccn1)N1CCC[C@H](O)C1. The third-order valence-corrected chi connectivity index (χ3v) is 3.86. The smallest absolute Gasteiger partial charge is 0.194 e. The maximum Gasteiger partial charge on any atom is 0.194 e. The van der Waals surface area contributed by atoms with E-state index in [4.69, 9.17) is 4.99 Å². The second-order valence-corrected chi connectivity index (χ2v) is 5.80. The summed E-state index contributed by atoms with van der Waals surface area (Å²) in [5.74, 6) is 0.933. The lowest BCUT2D eigenvalue weighted by Gasteiger charge is -2.33. The van der Waals surface area contributed by atoms with E-state index in [0.29, 0.717) is 6.54 Å². The quantitative estimate of drug-likeness (QED) is 0.478. The van der Waals surface area contributed by atoms with Crippen molar-refractivity contribution in [2.24, 2.45) is 4.99 Å². The van der Waals surface area contributed by atoms with Crippen LogP contribution < -0.4 is 5.32 Å². The fourth-order valence-corrected chi connectivity index (χ4v) is 2.61. The maximum atomic E-state index is 9.87. The molecule has 1 atom stereocenters. The molecule has 1 saturated heterocycles. The Morgan fingerprint density at radius 3 is 3.14 bits per heavy atom. The molecule has 0 radical (unpaired) electrons. The number of aliphatic imine (C=N–C) groups is 1. The highest BCUT2D eigenvalue weighted by molar-refractivity contribution is 5.80. The summed E-state index contributed by atoms with van der Waals surface area (Å²) in [4.78, 5) is 11.2. The molecule has 1 aliphatic heterocycles. The normalized spacial score (nSPS) is 19.3. The number of pyridine rings is 1. The van der Waals surface area contributed by atoms with Gasteiger partial charge < -0.3 is 15.3 Å². The summed E-state index contributed by atoms with van der Waals surface area (Å²) in [5.41, 5.74) is 1.08. The summed E-state index contributed by atoms with van der Waals surface area (Å²) in [6.07, 6.45) is 6.64. The Morgan fingerprint density at radius 1 is 1.50 bits per heavy atom. The Hall–Kier alpha value is -1.62. The molecule has 0 bridgehead atoms. The zero-order valence-electron chi connectivity index (χ0n) is 13.5. The highest BCUT2D eigenvalue weighted by atomic mass is 16.3. The van der Waals surface area contributed by atoms with Gasteiger partial charge in [-0.05, 0) is 31.4 Å². The van der Waals surface area contributed by atoms with Crippen LogP contribution in [0.25, 0.3) is 0 Å². The molecule has 2 rings (SSSR count). The molecule has 5 nitrogen and oxygen atoms in total. The van der Waals surface area contributed by atoms with Crippen LogP contribution >= 0.6 is 0 Å². The molecule has 2 N–H and O–H groups in total. The minimum absolute atomic E-state index is 0.234. The second kappa shape index (κ2) is 9.41. The summed E-state index contributed by atoms with van der Waals surface area (Å²) in [5, 5.41) is 13.3. The van der Waals surface area contributed by atoms with Crippen molar-refractivity contribution in [1.29, 1.82) is 0 Å². The van der Waals surface area contributed by atoms with Crippen molar-refractivity contribution in [3.05, 3.63) is 30.1 Å². The third-order valence-electron chi connectivity index (χ3n) is 3.86. The standard InChI is InChI=1S/C17H28N4O/c1-2-3-10-19-17(21-13-6-8-16(22)14-21)20-12-9-15-7-4-5-11-18-15/h4-5,7,11,16,22H,2-3,6,8-10,12-14H2,1H3,(H,19,20)/t16-/m0/s1. The maximum absolute atomic E-state index is 9.87. The summed E-state index contributed by atoms with van der Waals surface area (Å²) in [7, 11) is 0. The lowest BCUT2D eigenvalue weighted by molar-refractivity contribution is 0.101. The van der Waals surface area contributed by atoms with Gasteiger partial charge in [-0.1, -0.05) is 19.4 Å². The summed E-state index contributed by atoms with van der Waals surface area (Å²) in [6.45, 7) is 5.48. The van der Waals surface area contributed by atoms with Gasteiger partial charge >= 0.3 is 0 Å². The Morgan fingerprint density at radius 2 is 2.41 bits per heavy atom. The highest BCUT2D eigenvalue weighted by Crippen LogP contribution is 2.10. The molecule has 122 valence electrons. The monoisotopic (exact) mass is 304 g/mol. The number of aromatic nitrogens is 1. The van der Waals surface area contributed by atoms with Crippen molar-refractivity contribution in [2.75, 3.05) is 26.2 Å². The highest BCUT2D eigenvalue weighted by Gasteiger charge is 2.20. The molecule has 0 spiro atoms. The number of nitrogens with zero attached hydrogens (tertiary/aromatic N) is 3. The van der Waals surface area contributed by atoms with Gasteiger partial charge in [-0.25, -0.2) is 0 Å². The summed E-state index contributed by atoms with van der Waals surface area (Å²) < 4.78 is 0. The fraction of sp³-hybridized carbons (Fsp3) is 0.647. The van der Waals surface area contributed by atoms with E-state index in [1.54, 1.807) is 0 Å². The number of guanidine groups is 1. The largest absolute Gasteiger partial charge is 0.391 e. The number of aliphatic hydroxyl groups excluding tert-OH is 1. The van der Waals surface area contributed by atoms with Crippen molar-refractivity contribution in [3.8, 4) is 0 Å². The topological polar surface area (TPSA) is 60.8 Å². The Bertz CT molecular complexity index is 449. The number of nitrogens with one attached hydrogen (secondary N) is 1. The van der Waals surface area contributed by atoms with Crippen LogP contribution in [-0.4, -0.2) is 53.2 Å². The second-order valence-electron chi connectivity index (χ2n) is 5.80. The van der Waals surface area contributed by atoms with Crippen LogP contribution in [0.3, 0.4) is 0 Å². The minimum atomic E-state index is -0.234. The van der Waals surface area contributed by atoms with Gasteiger partial charge in [0.25, 0.3) is 0 Å². The molecule has 2 heterocycles. The van der Waals surface area contributed by atoms with Gasteiger partial charge in [-0.15, -0.1) is 0 Å². The van der Waals surface area contributed by atoms with Gasteiger partial charge in [0.2, 0.25) is 0 Å². The number of hydrogen-bond acceptors (Lipinski definition) is 3. The van der Waals surface area contributed by atoms with Crippen LogP contribution in [0.5, 0.6) is 0 Å². The van der Waals surface area contributed by atoms with Crippen LogP contribution in [0.4, 0.5) is 0 Å². The Kier molecular flexibility index (Phi) is 7.16. The van der Waals surface area contributed by atoms with Crippen molar-refractivity contribution in [2.45, 2.75) is 45.1 Å². The molecule has 0 unspecified atom stereocenters. The van der Waals surface area contributed by atoms with Gasteiger partial charge in [0.05, 0.1) is 6.10 Å². The van der Waals surface area contributed by atoms with Crippen molar-refractivity contribution < 1.29 is 5.11 Å². The van der Waals surface area contributed by atoms with Gasteiger partial charge in [0.1, 0.15) is 0 Å². The minimum Gasteiger partial charge on any atom is -0.391 e. The first-order chi connectivity index (χ1) is 10.8. The van der Waals surface area contributed by atoms with Crippen LogP contribution in [0.15, 0.2) is 29.4 Å². The fourth-order valence-electron chi connectivity index (χ4n) is 2.61. The Labute approximate surface area is 133 Å². The first-order valence-electron chi connectivity index (χ1n) is 8.41. The van der Waals surface area contributed by atoms with E-state index in [0.717, 1.165) is 63.4 Å². The molecule has 22 heavy (non-hydrogen) atoms. The molecule has 0 aromatic carbocycles.